The first-order valence-corrected chi connectivity index (χ1v) is 5.09. The molecule has 6 heteroatoms. The maximum atomic E-state index is 12.7. The summed E-state index contributed by atoms with van der Waals surface area (Å²) in [6, 6.07) is 5.22. The molecule has 5 nitrogen and oxygen atoms in total. The monoisotopic (exact) mass is 239 g/mol. The number of nitrogens with two attached hydrogens (primary N) is 1. The van der Waals surface area contributed by atoms with Crippen LogP contribution in [0.3, 0.4) is 0 Å². The summed E-state index contributed by atoms with van der Waals surface area (Å²) in [5, 5.41) is 11.3. The number of carbonyl (C=O) groups excluding carboxylic acids is 1. The van der Waals surface area contributed by atoms with Crippen molar-refractivity contribution in [2.45, 2.75) is 6.92 Å². The van der Waals surface area contributed by atoms with Gasteiger partial charge in [-0.1, -0.05) is 5.16 Å². The summed E-state index contributed by atoms with van der Waals surface area (Å²) in [6.07, 6.45) is 0. The Balaban J connectivity index is 2.82. The molecule has 1 aromatic carbocycles. The first-order chi connectivity index (χ1) is 8.08. The molecule has 0 saturated heterocycles. The number of hydrogen-bond acceptors (Lipinski definition) is 3. The number of likely N-dealkylation sites (N-methyl/N-ethyl adjacent to an activating group) is 1. The topological polar surface area (TPSA) is 78.9 Å². The third kappa shape index (κ3) is 3.44. The number of hydrogen-bond donors (Lipinski definition) is 2. The van der Waals surface area contributed by atoms with Gasteiger partial charge < -0.3 is 15.8 Å². The summed E-state index contributed by atoms with van der Waals surface area (Å²) in [4.78, 5) is 13.3. The Hall–Kier alpha value is -2.11. The zero-order valence-electron chi connectivity index (χ0n) is 9.43. The summed E-state index contributed by atoms with van der Waals surface area (Å²) in [5.41, 5.74) is 5.70. The molecule has 1 aromatic rings. The van der Waals surface area contributed by atoms with Crippen molar-refractivity contribution < 1.29 is 14.4 Å². The van der Waals surface area contributed by atoms with Crippen LogP contribution in [-0.4, -0.2) is 34.9 Å². The molecule has 0 saturated carbocycles. The molecule has 0 aliphatic rings. The highest BCUT2D eigenvalue weighted by atomic mass is 19.1. The van der Waals surface area contributed by atoms with Gasteiger partial charge in [0.05, 0.1) is 6.54 Å². The van der Waals surface area contributed by atoms with Crippen molar-refractivity contribution in [3.05, 3.63) is 35.6 Å². The van der Waals surface area contributed by atoms with Crippen molar-refractivity contribution in [2.75, 3.05) is 13.1 Å². The van der Waals surface area contributed by atoms with Gasteiger partial charge >= 0.3 is 0 Å². The van der Waals surface area contributed by atoms with Crippen molar-refractivity contribution in [3.8, 4) is 0 Å². The predicted molar refractivity (Wildman–Crippen MR) is 61.4 cm³/mol. The summed E-state index contributed by atoms with van der Waals surface area (Å²) in [5.74, 6) is -0.748. The van der Waals surface area contributed by atoms with Crippen LogP contribution in [-0.2, 0) is 0 Å². The van der Waals surface area contributed by atoms with Gasteiger partial charge in [0.15, 0.2) is 5.84 Å². The van der Waals surface area contributed by atoms with E-state index >= 15 is 0 Å². The number of amides is 1. The largest absolute Gasteiger partial charge is 0.409 e. The van der Waals surface area contributed by atoms with E-state index in [1.165, 1.54) is 29.2 Å². The number of rotatable bonds is 4. The maximum absolute atomic E-state index is 12.7. The maximum Gasteiger partial charge on any atom is 0.254 e. The molecule has 92 valence electrons. The molecule has 1 amide bonds. The average Bonchev–Trinajstić information content (AvgIpc) is 2.35. The molecule has 0 spiro atoms. The van der Waals surface area contributed by atoms with Crippen LogP contribution in [0.15, 0.2) is 29.4 Å². The highest BCUT2D eigenvalue weighted by Crippen LogP contribution is 2.06. The van der Waals surface area contributed by atoms with Crippen LogP contribution < -0.4 is 5.73 Å². The van der Waals surface area contributed by atoms with E-state index < -0.39 is 5.82 Å². The van der Waals surface area contributed by atoms with E-state index in [2.05, 4.69) is 5.16 Å². The number of nitrogens with zero attached hydrogens (tertiary/aromatic N) is 2. The molecule has 0 fully saturated rings. The molecular formula is C11H14FN3O2. The Morgan fingerprint density at radius 3 is 2.53 bits per heavy atom. The average molecular weight is 239 g/mol. The second kappa shape index (κ2) is 5.83. The lowest BCUT2D eigenvalue weighted by Crippen LogP contribution is -2.38. The van der Waals surface area contributed by atoms with Crippen molar-refractivity contribution in [1.29, 1.82) is 0 Å². The third-order valence-corrected chi connectivity index (χ3v) is 2.24. The number of halogens is 1. The van der Waals surface area contributed by atoms with E-state index in [4.69, 9.17) is 10.9 Å². The SMILES string of the molecule is CCN(CC(N)=NO)C(=O)c1ccc(F)cc1. The standard InChI is InChI=1S/C11H14FN3O2/c1-2-15(7-10(13)14-17)11(16)8-3-5-9(12)6-4-8/h3-6,17H,2,7H2,1H3,(H2,13,14). The van der Waals surface area contributed by atoms with Gasteiger partial charge in [-0.2, -0.15) is 0 Å². The summed E-state index contributed by atoms with van der Waals surface area (Å²) < 4.78 is 12.7. The van der Waals surface area contributed by atoms with Crippen LogP contribution >= 0.6 is 0 Å². The molecule has 1 rings (SSSR count). The third-order valence-electron chi connectivity index (χ3n) is 2.24. The smallest absolute Gasteiger partial charge is 0.254 e. The highest BCUT2D eigenvalue weighted by Gasteiger charge is 2.15. The van der Waals surface area contributed by atoms with E-state index in [9.17, 15) is 9.18 Å². The fourth-order valence-corrected chi connectivity index (χ4v) is 1.33. The Labute approximate surface area is 98.3 Å². The minimum Gasteiger partial charge on any atom is -0.409 e. The van der Waals surface area contributed by atoms with E-state index in [1.807, 2.05) is 0 Å². The van der Waals surface area contributed by atoms with Gasteiger partial charge in [-0.05, 0) is 31.2 Å². The van der Waals surface area contributed by atoms with Gasteiger partial charge in [0, 0.05) is 12.1 Å². The Morgan fingerprint density at radius 2 is 2.06 bits per heavy atom. The molecule has 0 radical (unpaired) electrons. The number of amidine groups is 1. The van der Waals surface area contributed by atoms with Crippen molar-refractivity contribution in [3.63, 3.8) is 0 Å². The fraction of sp³-hybridized carbons (Fsp3) is 0.273. The molecule has 0 aliphatic heterocycles. The summed E-state index contributed by atoms with van der Waals surface area (Å²) in [6.45, 7) is 2.21. The first kappa shape index (κ1) is 13.0. The van der Waals surface area contributed by atoms with E-state index in [-0.39, 0.29) is 18.3 Å². The molecule has 0 bridgehead atoms. The van der Waals surface area contributed by atoms with Crippen LogP contribution in [0.4, 0.5) is 4.39 Å². The Morgan fingerprint density at radius 1 is 1.47 bits per heavy atom. The van der Waals surface area contributed by atoms with Gasteiger partial charge in [-0.15, -0.1) is 0 Å². The van der Waals surface area contributed by atoms with Gasteiger partial charge in [0.1, 0.15) is 5.82 Å². The Kier molecular flexibility index (Phi) is 4.45. The molecule has 0 heterocycles. The van der Waals surface area contributed by atoms with Crippen molar-refractivity contribution in [2.24, 2.45) is 10.9 Å². The van der Waals surface area contributed by atoms with Gasteiger partial charge in [0.25, 0.3) is 5.91 Å². The first-order valence-electron chi connectivity index (χ1n) is 5.09. The minimum absolute atomic E-state index is 0.0310. The van der Waals surface area contributed by atoms with Gasteiger partial charge in [-0.3, -0.25) is 4.79 Å². The van der Waals surface area contributed by atoms with Crippen molar-refractivity contribution in [1.82, 2.24) is 4.90 Å². The lowest BCUT2D eigenvalue weighted by atomic mass is 10.2. The molecule has 0 atom stereocenters. The summed E-state index contributed by atoms with van der Waals surface area (Å²) >= 11 is 0. The Bertz CT molecular complexity index is 417. The second-order valence-corrected chi connectivity index (χ2v) is 3.42. The lowest BCUT2D eigenvalue weighted by Gasteiger charge is -2.19. The molecule has 0 aliphatic carbocycles. The minimum atomic E-state index is -0.402. The van der Waals surface area contributed by atoms with Crippen LogP contribution in [0.25, 0.3) is 0 Å². The molecule has 0 aromatic heterocycles. The fourth-order valence-electron chi connectivity index (χ4n) is 1.33. The van der Waals surface area contributed by atoms with Crippen LogP contribution in [0, 0.1) is 5.82 Å². The van der Waals surface area contributed by atoms with E-state index in [0.717, 1.165) is 0 Å². The molecular weight excluding hydrogens is 225 g/mol. The molecule has 17 heavy (non-hydrogen) atoms. The molecule has 0 unspecified atom stereocenters. The number of benzene rings is 1. The van der Waals surface area contributed by atoms with Crippen LogP contribution in [0.2, 0.25) is 0 Å². The van der Waals surface area contributed by atoms with E-state index in [1.54, 1.807) is 6.92 Å². The number of carbonyl (C=O) groups is 1. The normalized spacial score (nSPS) is 11.3. The second-order valence-electron chi connectivity index (χ2n) is 3.42. The summed E-state index contributed by atoms with van der Waals surface area (Å²) in [7, 11) is 0. The molecule has 3 N–H and O–H groups in total. The van der Waals surface area contributed by atoms with Crippen LogP contribution in [0.1, 0.15) is 17.3 Å². The van der Waals surface area contributed by atoms with Gasteiger partial charge in [0.2, 0.25) is 0 Å². The zero-order valence-corrected chi connectivity index (χ0v) is 9.43. The predicted octanol–water partition coefficient (Wildman–Crippen LogP) is 1.03. The highest BCUT2D eigenvalue weighted by molar-refractivity contribution is 5.96. The number of oxime groups is 1. The zero-order chi connectivity index (χ0) is 12.8. The lowest BCUT2D eigenvalue weighted by molar-refractivity contribution is 0.0786. The van der Waals surface area contributed by atoms with Gasteiger partial charge in [-0.25, -0.2) is 4.39 Å². The quantitative estimate of drug-likeness (QED) is 0.356. The van der Waals surface area contributed by atoms with E-state index in [0.29, 0.717) is 12.1 Å². The van der Waals surface area contributed by atoms with Crippen molar-refractivity contribution >= 4 is 11.7 Å². The van der Waals surface area contributed by atoms with Crippen LogP contribution in [0.5, 0.6) is 0 Å².